The first kappa shape index (κ1) is 17.2. The zero-order valence-electron chi connectivity index (χ0n) is 13.5. The predicted molar refractivity (Wildman–Crippen MR) is 92.4 cm³/mol. The fourth-order valence-electron chi connectivity index (χ4n) is 1.94. The van der Waals surface area contributed by atoms with Gasteiger partial charge < -0.3 is 10.1 Å². The first-order chi connectivity index (χ1) is 10.8. The Hall–Kier alpha value is -2.14. The molecule has 1 amide bonds. The number of rotatable bonds is 4. The number of halogens is 1. The van der Waals surface area contributed by atoms with Crippen molar-refractivity contribution in [1.82, 2.24) is 15.3 Å². The van der Waals surface area contributed by atoms with Crippen LogP contribution in [0.25, 0.3) is 17.0 Å². The van der Waals surface area contributed by atoms with Crippen LogP contribution >= 0.6 is 11.6 Å². The molecule has 0 bridgehead atoms. The van der Waals surface area contributed by atoms with E-state index in [2.05, 4.69) is 15.3 Å². The van der Waals surface area contributed by atoms with Crippen LogP contribution in [0.2, 0.25) is 5.15 Å². The Bertz CT molecular complexity index is 723. The van der Waals surface area contributed by atoms with Crippen LogP contribution in [0, 0.1) is 0 Å². The molecule has 1 heterocycles. The molecule has 0 radical (unpaired) electrons. The van der Waals surface area contributed by atoms with Gasteiger partial charge in [-0.2, -0.15) is 0 Å². The highest BCUT2D eigenvalue weighted by atomic mass is 35.5. The summed E-state index contributed by atoms with van der Waals surface area (Å²) >= 11 is 6.06. The molecule has 1 aromatic heterocycles. The van der Waals surface area contributed by atoms with Gasteiger partial charge in [0.1, 0.15) is 17.1 Å². The lowest BCUT2D eigenvalue weighted by Gasteiger charge is -2.19. The van der Waals surface area contributed by atoms with E-state index in [1.165, 1.54) is 6.33 Å². The molecule has 0 aliphatic rings. The van der Waals surface area contributed by atoms with Gasteiger partial charge >= 0.3 is 6.09 Å². The maximum absolute atomic E-state index is 11.5. The normalized spacial score (nSPS) is 11.8. The molecule has 0 aliphatic heterocycles. The molecule has 1 aromatic carbocycles. The molecule has 23 heavy (non-hydrogen) atoms. The molecule has 2 aromatic rings. The van der Waals surface area contributed by atoms with Gasteiger partial charge in [-0.1, -0.05) is 29.8 Å². The van der Waals surface area contributed by atoms with E-state index < -0.39 is 11.7 Å². The largest absolute Gasteiger partial charge is 0.444 e. The van der Waals surface area contributed by atoms with Gasteiger partial charge in [0, 0.05) is 11.9 Å². The summed E-state index contributed by atoms with van der Waals surface area (Å²) < 4.78 is 5.16. The van der Waals surface area contributed by atoms with Crippen molar-refractivity contribution in [2.24, 2.45) is 0 Å². The van der Waals surface area contributed by atoms with Crippen LogP contribution < -0.4 is 5.32 Å². The van der Waals surface area contributed by atoms with Crippen LogP contribution in [0.4, 0.5) is 4.79 Å². The molecule has 2 rings (SSSR count). The van der Waals surface area contributed by atoms with Gasteiger partial charge in [-0.15, -0.1) is 0 Å². The Morgan fingerprint density at radius 3 is 2.87 bits per heavy atom. The minimum absolute atomic E-state index is 0.402. The van der Waals surface area contributed by atoms with Crippen molar-refractivity contribution >= 4 is 34.7 Å². The third-order valence-corrected chi connectivity index (χ3v) is 3.20. The number of ether oxygens (including phenoxy) is 1. The SMILES string of the molecule is CC(C)(C)OC(=O)NCCC=Cc1ccc2ncnc(Cl)c2c1. The van der Waals surface area contributed by atoms with Crippen molar-refractivity contribution in [1.29, 1.82) is 0 Å². The van der Waals surface area contributed by atoms with Crippen LogP contribution in [-0.4, -0.2) is 28.2 Å². The molecule has 0 aliphatic carbocycles. The zero-order valence-corrected chi connectivity index (χ0v) is 14.2. The molecule has 1 N–H and O–H groups in total. The second-order valence-corrected chi connectivity index (χ2v) is 6.42. The molecule has 0 spiro atoms. The lowest BCUT2D eigenvalue weighted by atomic mass is 10.1. The molecule has 6 heteroatoms. The summed E-state index contributed by atoms with van der Waals surface area (Å²) in [4.78, 5) is 19.6. The first-order valence-corrected chi connectivity index (χ1v) is 7.76. The minimum Gasteiger partial charge on any atom is -0.444 e. The van der Waals surface area contributed by atoms with E-state index >= 15 is 0 Å². The Morgan fingerprint density at radius 1 is 1.35 bits per heavy atom. The summed E-state index contributed by atoms with van der Waals surface area (Å²) in [6, 6.07) is 5.81. The Kier molecular flexibility index (Phi) is 5.55. The van der Waals surface area contributed by atoms with E-state index in [1.807, 2.05) is 51.1 Å². The van der Waals surface area contributed by atoms with E-state index in [0.717, 1.165) is 16.5 Å². The fraction of sp³-hybridized carbons (Fsp3) is 0.353. The van der Waals surface area contributed by atoms with Gasteiger partial charge in [-0.25, -0.2) is 14.8 Å². The number of nitrogens with one attached hydrogen (secondary N) is 1. The van der Waals surface area contributed by atoms with Crippen LogP contribution in [0.1, 0.15) is 32.8 Å². The lowest BCUT2D eigenvalue weighted by molar-refractivity contribution is 0.0529. The zero-order chi connectivity index (χ0) is 16.9. The molecule has 0 fully saturated rings. The van der Waals surface area contributed by atoms with Crippen molar-refractivity contribution in [3.8, 4) is 0 Å². The second-order valence-electron chi connectivity index (χ2n) is 6.06. The number of hydrogen-bond acceptors (Lipinski definition) is 4. The Balaban J connectivity index is 1.87. The molecular formula is C17H20ClN3O2. The van der Waals surface area contributed by atoms with E-state index in [1.54, 1.807) is 0 Å². The number of amides is 1. The number of fused-ring (bicyclic) bond motifs is 1. The average Bonchev–Trinajstić information content (AvgIpc) is 2.46. The smallest absolute Gasteiger partial charge is 0.407 e. The summed E-state index contributed by atoms with van der Waals surface area (Å²) in [5.74, 6) is 0. The number of aromatic nitrogens is 2. The summed E-state index contributed by atoms with van der Waals surface area (Å²) in [6.07, 6.45) is 5.70. The second kappa shape index (κ2) is 7.42. The number of carbonyl (C=O) groups excluding carboxylic acids is 1. The van der Waals surface area contributed by atoms with Crippen LogP contribution in [-0.2, 0) is 4.74 Å². The number of nitrogens with zero attached hydrogens (tertiary/aromatic N) is 2. The standard InChI is InChI=1S/C17H20ClN3O2/c1-17(2,3)23-16(22)19-9-5-4-6-12-7-8-14-13(10-12)15(18)21-11-20-14/h4,6-8,10-11H,5,9H2,1-3H3,(H,19,22). The van der Waals surface area contributed by atoms with Gasteiger partial charge in [0.15, 0.2) is 0 Å². The summed E-state index contributed by atoms with van der Waals surface area (Å²) in [5.41, 5.74) is 1.34. The summed E-state index contributed by atoms with van der Waals surface area (Å²) in [5, 5.41) is 3.97. The van der Waals surface area contributed by atoms with Crippen molar-refractivity contribution in [2.45, 2.75) is 32.8 Å². The van der Waals surface area contributed by atoms with Gasteiger partial charge in [0.05, 0.1) is 5.52 Å². The Morgan fingerprint density at radius 2 is 2.13 bits per heavy atom. The number of benzene rings is 1. The van der Waals surface area contributed by atoms with Crippen LogP contribution in [0.15, 0.2) is 30.6 Å². The van der Waals surface area contributed by atoms with E-state index in [0.29, 0.717) is 18.1 Å². The maximum Gasteiger partial charge on any atom is 0.407 e. The number of alkyl carbamates (subject to hydrolysis) is 1. The molecule has 0 unspecified atom stereocenters. The van der Waals surface area contributed by atoms with E-state index in [9.17, 15) is 4.79 Å². The van der Waals surface area contributed by atoms with Crippen molar-refractivity contribution in [3.63, 3.8) is 0 Å². The average molecular weight is 334 g/mol. The third kappa shape index (κ3) is 5.53. The quantitative estimate of drug-likeness (QED) is 0.672. The van der Waals surface area contributed by atoms with Crippen molar-refractivity contribution in [2.75, 3.05) is 6.54 Å². The lowest BCUT2D eigenvalue weighted by Crippen LogP contribution is -2.32. The van der Waals surface area contributed by atoms with Crippen molar-refractivity contribution < 1.29 is 9.53 Å². The highest BCUT2D eigenvalue weighted by Gasteiger charge is 2.15. The van der Waals surface area contributed by atoms with Gasteiger partial charge in [-0.05, 0) is 44.9 Å². The molecule has 5 nitrogen and oxygen atoms in total. The van der Waals surface area contributed by atoms with Gasteiger partial charge in [0.25, 0.3) is 0 Å². The monoisotopic (exact) mass is 333 g/mol. The third-order valence-electron chi connectivity index (χ3n) is 2.90. The van der Waals surface area contributed by atoms with Gasteiger partial charge in [0.2, 0.25) is 0 Å². The molecule has 0 atom stereocenters. The fourth-order valence-corrected chi connectivity index (χ4v) is 2.13. The van der Waals surface area contributed by atoms with Gasteiger partial charge in [-0.3, -0.25) is 0 Å². The number of hydrogen-bond donors (Lipinski definition) is 1. The van der Waals surface area contributed by atoms with Crippen molar-refractivity contribution in [3.05, 3.63) is 41.3 Å². The van der Waals surface area contributed by atoms with E-state index in [4.69, 9.17) is 16.3 Å². The first-order valence-electron chi connectivity index (χ1n) is 7.39. The summed E-state index contributed by atoms with van der Waals surface area (Å²) in [7, 11) is 0. The maximum atomic E-state index is 11.5. The van der Waals surface area contributed by atoms with Crippen LogP contribution in [0.5, 0.6) is 0 Å². The molecule has 122 valence electrons. The highest BCUT2D eigenvalue weighted by Crippen LogP contribution is 2.21. The summed E-state index contributed by atoms with van der Waals surface area (Å²) in [6.45, 7) is 6.02. The molecular weight excluding hydrogens is 314 g/mol. The highest BCUT2D eigenvalue weighted by molar-refractivity contribution is 6.34. The topological polar surface area (TPSA) is 64.1 Å². The molecule has 0 saturated carbocycles. The number of carbonyl (C=O) groups is 1. The van der Waals surface area contributed by atoms with Crippen LogP contribution in [0.3, 0.4) is 0 Å². The minimum atomic E-state index is -0.480. The Labute approximate surface area is 140 Å². The van der Waals surface area contributed by atoms with E-state index in [-0.39, 0.29) is 0 Å². The predicted octanol–water partition coefficient (Wildman–Crippen LogP) is 4.21. The molecule has 0 saturated heterocycles.